The van der Waals surface area contributed by atoms with Crippen molar-refractivity contribution in [3.63, 3.8) is 0 Å². The molecule has 1 aromatic carbocycles. The lowest BCUT2D eigenvalue weighted by Crippen LogP contribution is -2.27. The number of ether oxygens (including phenoxy) is 1. The lowest BCUT2D eigenvalue weighted by molar-refractivity contribution is 0.0602. The fraction of sp³-hybridized carbons (Fsp3) is 0.417. The van der Waals surface area contributed by atoms with Crippen LogP contribution in [-0.2, 0) is 4.74 Å². The van der Waals surface area contributed by atoms with Crippen molar-refractivity contribution in [1.29, 1.82) is 0 Å². The van der Waals surface area contributed by atoms with Crippen molar-refractivity contribution in [3.8, 4) is 0 Å². The standard InChI is InChI=1S/C12H18N2O2/c1-12(2,3)14-10-6-5-8(13)7-9(10)11(15)16-4/h5-7,14H,13H2,1-4H3. The normalized spacial score (nSPS) is 11.0. The predicted molar refractivity (Wildman–Crippen MR) is 65.6 cm³/mol. The molecule has 0 aromatic heterocycles. The van der Waals surface area contributed by atoms with Gasteiger partial charge in [-0.25, -0.2) is 4.79 Å². The molecule has 0 fully saturated rings. The Labute approximate surface area is 95.8 Å². The number of anilines is 2. The van der Waals surface area contributed by atoms with Gasteiger partial charge in [-0.15, -0.1) is 0 Å². The van der Waals surface area contributed by atoms with Crippen molar-refractivity contribution in [2.24, 2.45) is 0 Å². The summed E-state index contributed by atoms with van der Waals surface area (Å²) >= 11 is 0. The molecule has 88 valence electrons. The van der Waals surface area contributed by atoms with Gasteiger partial charge in [-0.1, -0.05) is 0 Å². The summed E-state index contributed by atoms with van der Waals surface area (Å²) in [5, 5.41) is 3.24. The maximum atomic E-state index is 11.6. The summed E-state index contributed by atoms with van der Waals surface area (Å²) in [6, 6.07) is 5.15. The van der Waals surface area contributed by atoms with Gasteiger partial charge in [-0.05, 0) is 39.0 Å². The molecule has 0 aliphatic heterocycles. The molecule has 16 heavy (non-hydrogen) atoms. The summed E-state index contributed by atoms with van der Waals surface area (Å²) in [6.45, 7) is 6.05. The van der Waals surface area contributed by atoms with E-state index in [2.05, 4.69) is 5.32 Å². The largest absolute Gasteiger partial charge is 0.465 e. The Kier molecular flexibility index (Phi) is 3.42. The van der Waals surface area contributed by atoms with Crippen molar-refractivity contribution in [2.75, 3.05) is 18.2 Å². The van der Waals surface area contributed by atoms with Gasteiger partial charge in [0, 0.05) is 16.9 Å². The van der Waals surface area contributed by atoms with Crippen LogP contribution >= 0.6 is 0 Å². The molecule has 0 bridgehead atoms. The lowest BCUT2D eigenvalue weighted by Gasteiger charge is -2.23. The van der Waals surface area contributed by atoms with Gasteiger partial charge in [0.15, 0.2) is 0 Å². The predicted octanol–water partition coefficient (Wildman–Crippen LogP) is 2.27. The van der Waals surface area contributed by atoms with Crippen LogP contribution in [0.3, 0.4) is 0 Å². The Morgan fingerprint density at radius 1 is 1.38 bits per heavy atom. The van der Waals surface area contributed by atoms with E-state index in [1.807, 2.05) is 20.8 Å². The Hall–Kier alpha value is -1.71. The van der Waals surface area contributed by atoms with E-state index < -0.39 is 0 Å². The summed E-state index contributed by atoms with van der Waals surface area (Å²) in [6.07, 6.45) is 0. The quantitative estimate of drug-likeness (QED) is 0.595. The van der Waals surface area contributed by atoms with Crippen LogP contribution in [0.15, 0.2) is 18.2 Å². The molecule has 0 spiro atoms. The first-order valence-corrected chi connectivity index (χ1v) is 5.09. The first-order valence-electron chi connectivity index (χ1n) is 5.09. The molecule has 0 heterocycles. The molecule has 1 aromatic rings. The summed E-state index contributed by atoms with van der Waals surface area (Å²) in [7, 11) is 1.35. The van der Waals surface area contributed by atoms with Crippen molar-refractivity contribution in [3.05, 3.63) is 23.8 Å². The fourth-order valence-corrected chi connectivity index (χ4v) is 1.35. The average Bonchev–Trinajstić information content (AvgIpc) is 2.17. The highest BCUT2D eigenvalue weighted by Gasteiger charge is 2.16. The van der Waals surface area contributed by atoms with Crippen molar-refractivity contribution in [2.45, 2.75) is 26.3 Å². The van der Waals surface area contributed by atoms with E-state index in [4.69, 9.17) is 10.5 Å². The number of nitrogens with two attached hydrogens (primary N) is 1. The molecular weight excluding hydrogens is 204 g/mol. The Morgan fingerprint density at radius 2 is 2.00 bits per heavy atom. The Balaban J connectivity index is 3.13. The van der Waals surface area contributed by atoms with E-state index in [0.717, 1.165) is 5.69 Å². The second kappa shape index (κ2) is 4.43. The minimum atomic E-state index is -0.390. The van der Waals surface area contributed by atoms with E-state index in [-0.39, 0.29) is 11.5 Å². The molecule has 0 saturated carbocycles. The van der Waals surface area contributed by atoms with E-state index in [9.17, 15) is 4.79 Å². The maximum Gasteiger partial charge on any atom is 0.340 e. The van der Waals surface area contributed by atoms with Crippen molar-refractivity contribution < 1.29 is 9.53 Å². The molecule has 3 N–H and O–H groups in total. The van der Waals surface area contributed by atoms with Gasteiger partial charge < -0.3 is 15.8 Å². The fourth-order valence-electron chi connectivity index (χ4n) is 1.35. The van der Waals surface area contributed by atoms with Gasteiger partial charge in [0.05, 0.1) is 12.7 Å². The number of nitrogens with one attached hydrogen (secondary N) is 1. The number of nitrogen functional groups attached to an aromatic ring is 1. The minimum Gasteiger partial charge on any atom is -0.465 e. The second-order valence-corrected chi connectivity index (χ2v) is 4.67. The summed E-state index contributed by atoms with van der Waals surface area (Å²) in [5.74, 6) is -0.390. The van der Waals surface area contributed by atoms with Crippen molar-refractivity contribution >= 4 is 17.3 Å². The molecular formula is C12H18N2O2. The van der Waals surface area contributed by atoms with Gasteiger partial charge in [-0.2, -0.15) is 0 Å². The van der Waals surface area contributed by atoms with Gasteiger partial charge in [-0.3, -0.25) is 0 Å². The molecule has 4 nitrogen and oxygen atoms in total. The topological polar surface area (TPSA) is 64.3 Å². The Morgan fingerprint density at radius 3 is 2.50 bits per heavy atom. The van der Waals surface area contributed by atoms with Crippen LogP contribution < -0.4 is 11.1 Å². The Bertz CT molecular complexity index is 394. The maximum absolute atomic E-state index is 11.6. The van der Waals surface area contributed by atoms with Crippen LogP contribution in [-0.4, -0.2) is 18.6 Å². The van der Waals surface area contributed by atoms with Gasteiger partial charge in [0.1, 0.15) is 0 Å². The zero-order chi connectivity index (χ0) is 12.3. The van der Waals surface area contributed by atoms with Gasteiger partial charge in [0.25, 0.3) is 0 Å². The summed E-state index contributed by atoms with van der Waals surface area (Å²) < 4.78 is 4.71. The molecule has 4 heteroatoms. The average molecular weight is 222 g/mol. The first-order chi connectivity index (χ1) is 7.33. The number of hydrogen-bond donors (Lipinski definition) is 2. The number of esters is 1. The number of hydrogen-bond acceptors (Lipinski definition) is 4. The monoisotopic (exact) mass is 222 g/mol. The number of methoxy groups -OCH3 is 1. The molecule has 0 atom stereocenters. The SMILES string of the molecule is COC(=O)c1cc(N)ccc1NC(C)(C)C. The highest BCUT2D eigenvalue weighted by molar-refractivity contribution is 5.96. The molecule has 0 unspecified atom stereocenters. The number of carbonyl (C=O) groups is 1. The van der Waals surface area contributed by atoms with Crippen LogP contribution in [0.2, 0.25) is 0 Å². The molecule has 0 saturated heterocycles. The van der Waals surface area contributed by atoms with Crippen molar-refractivity contribution in [1.82, 2.24) is 0 Å². The smallest absolute Gasteiger partial charge is 0.340 e. The van der Waals surface area contributed by atoms with Crippen LogP contribution in [0.25, 0.3) is 0 Å². The molecule has 0 aliphatic rings. The third-order valence-corrected chi connectivity index (χ3v) is 1.96. The van der Waals surface area contributed by atoms with Gasteiger partial charge >= 0.3 is 5.97 Å². The molecule has 1 rings (SSSR count). The highest BCUT2D eigenvalue weighted by atomic mass is 16.5. The molecule has 0 radical (unpaired) electrons. The van der Waals surface area contributed by atoms with Crippen LogP contribution in [0.5, 0.6) is 0 Å². The van der Waals surface area contributed by atoms with E-state index in [1.54, 1.807) is 18.2 Å². The van der Waals surface area contributed by atoms with Crippen LogP contribution in [0, 0.1) is 0 Å². The molecule has 0 aliphatic carbocycles. The highest BCUT2D eigenvalue weighted by Crippen LogP contribution is 2.23. The molecule has 0 amide bonds. The number of rotatable bonds is 2. The summed E-state index contributed by atoms with van der Waals surface area (Å²) in [5.41, 5.74) is 7.25. The zero-order valence-electron chi connectivity index (χ0n) is 10.1. The van der Waals surface area contributed by atoms with E-state index in [1.165, 1.54) is 7.11 Å². The lowest BCUT2D eigenvalue weighted by atomic mass is 10.1. The minimum absolute atomic E-state index is 0.126. The first kappa shape index (κ1) is 12.4. The van der Waals surface area contributed by atoms with E-state index in [0.29, 0.717) is 11.3 Å². The number of carbonyl (C=O) groups excluding carboxylic acids is 1. The number of benzene rings is 1. The third-order valence-electron chi connectivity index (χ3n) is 1.96. The second-order valence-electron chi connectivity index (χ2n) is 4.67. The summed E-state index contributed by atoms with van der Waals surface area (Å²) in [4.78, 5) is 11.6. The van der Waals surface area contributed by atoms with Gasteiger partial charge in [0.2, 0.25) is 0 Å². The van der Waals surface area contributed by atoms with Crippen LogP contribution in [0.4, 0.5) is 11.4 Å². The van der Waals surface area contributed by atoms with Crippen LogP contribution in [0.1, 0.15) is 31.1 Å². The zero-order valence-corrected chi connectivity index (χ0v) is 10.1. The van der Waals surface area contributed by atoms with E-state index >= 15 is 0 Å². The third kappa shape index (κ3) is 3.15.